The average Bonchev–Trinajstić information content (AvgIpc) is 2.25. The number of carboxylic acids is 2. The third-order valence-electron chi connectivity index (χ3n) is 2.62. The molecular formula is C12H12O4-2. The predicted molar refractivity (Wildman–Crippen MR) is 53.0 cm³/mol. The summed E-state index contributed by atoms with van der Waals surface area (Å²) in [6.45, 7) is 1.67. The van der Waals surface area contributed by atoms with E-state index in [1.165, 1.54) is 0 Å². The van der Waals surface area contributed by atoms with Crippen molar-refractivity contribution in [2.75, 3.05) is 0 Å². The minimum atomic E-state index is -1.38. The SMILES string of the molecule is CC(c1ccccc1)[C@@H](CC(=O)[O-])C(=O)[O-]. The van der Waals surface area contributed by atoms with E-state index in [9.17, 15) is 19.8 Å². The molecule has 0 N–H and O–H groups in total. The van der Waals surface area contributed by atoms with Crippen molar-refractivity contribution in [3.05, 3.63) is 35.9 Å². The largest absolute Gasteiger partial charge is 0.550 e. The molecule has 0 radical (unpaired) electrons. The van der Waals surface area contributed by atoms with Crippen LogP contribution in [0.5, 0.6) is 0 Å². The van der Waals surface area contributed by atoms with E-state index in [4.69, 9.17) is 0 Å². The normalized spacial score (nSPS) is 14.1. The molecule has 0 amide bonds. The van der Waals surface area contributed by atoms with E-state index < -0.39 is 30.2 Å². The van der Waals surface area contributed by atoms with Gasteiger partial charge in [0, 0.05) is 17.9 Å². The molecule has 16 heavy (non-hydrogen) atoms. The topological polar surface area (TPSA) is 80.3 Å². The van der Waals surface area contributed by atoms with Crippen molar-refractivity contribution in [2.45, 2.75) is 19.3 Å². The first kappa shape index (κ1) is 12.2. The number of benzene rings is 1. The van der Waals surface area contributed by atoms with E-state index in [0.29, 0.717) is 0 Å². The van der Waals surface area contributed by atoms with Gasteiger partial charge in [-0.1, -0.05) is 37.3 Å². The first-order valence-electron chi connectivity index (χ1n) is 4.98. The van der Waals surface area contributed by atoms with Crippen molar-refractivity contribution in [2.24, 2.45) is 5.92 Å². The van der Waals surface area contributed by atoms with Crippen molar-refractivity contribution in [3.63, 3.8) is 0 Å². The van der Waals surface area contributed by atoms with Gasteiger partial charge in [0.1, 0.15) is 0 Å². The third-order valence-corrected chi connectivity index (χ3v) is 2.62. The Hall–Kier alpha value is -1.84. The van der Waals surface area contributed by atoms with Crippen LogP contribution in [0.3, 0.4) is 0 Å². The van der Waals surface area contributed by atoms with Crippen molar-refractivity contribution >= 4 is 11.9 Å². The van der Waals surface area contributed by atoms with Crippen LogP contribution in [0.15, 0.2) is 30.3 Å². The summed E-state index contributed by atoms with van der Waals surface area (Å²) in [4.78, 5) is 21.3. The molecule has 0 aliphatic carbocycles. The fraction of sp³-hybridized carbons (Fsp3) is 0.333. The maximum atomic E-state index is 10.8. The molecule has 0 saturated carbocycles. The Morgan fingerprint density at radius 3 is 2.19 bits per heavy atom. The van der Waals surface area contributed by atoms with E-state index in [-0.39, 0.29) is 0 Å². The Morgan fingerprint density at radius 1 is 1.19 bits per heavy atom. The van der Waals surface area contributed by atoms with Crippen LogP contribution in [0.4, 0.5) is 0 Å². The van der Waals surface area contributed by atoms with Gasteiger partial charge in [-0.3, -0.25) is 0 Å². The predicted octanol–water partition coefficient (Wildman–Crippen LogP) is -0.704. The second-order valence-electron chi connectivity index (χ2n) is 3.70. The highest BCUT2D eigenvalue weighted by Gasteiger charge is 2.20. The number of carbonyl (C=O) groups is 2. The highest BCUT2D eigenvalue weighted by Crippen LogP contribution is 2.25. The highest BCUT2D eigenvalue weighted by atomic mass is 16.4. The van der Waals surface area contributed by atoms with E-state index in [1.54, 1.807) is 31.2 Å². The van der Waals surface area contributed by atoms with Crippen molar-refractivity contribution in [1.29, 1.82) is 0 Å². The first-order chi connectivity index (χ1) is 7.52. The molecule has 4 nitrogen and oxygen atoms in total. The molecule has 1 aromatic rings. The standard InChI is InChI=1S/C12H14O4/c1-8(9-5-3-2-4-6-9)10(12(15)16)7-11(13)14/h2-6,8,10H,7H2,1H3,(H,13,14)(H,15,16)/p-2/t8?,10-/m1/s1. The molecule has 0 aliphatic heterocycles. The molecule has 0 bridgehead atoms. The summed E-state index contributed by atoms with van der Waals surface area (Å²) in [5.74, 6) is -4.21. The van der Waals surface area contributed by atoms with Crippen LogP contribution in [-0.2, 0) is 9.59 Å². The van der Waals surface area contributed by atoms with Crippen molar-refractivity contribution in [3.8, 4) is 0 Å². The monoisotopic (exact) mass is 220 g/mol. The molecule has 0 saturated heterocycles. The molecule has 0 aliphatic rings. The number of hydrogen-bond donors (Lipinski definition) is 0. The lowest BCUT2D eigenvalue weighted by molar-refractivity contribution is -0.321. The number of aliphatic carboxylic acids is 2. The molecule has 0 aromatic heterocycles. The van der Waals surface area contributed by atoms with Gasteiger partial charge in [0.25, 0.3) is 0 Å². The molecule has 1 rings (SSSR count). The lowest BCUT2D eigenvalue weighted by atomic mass is 9.85. The van der Waals surface area contributed by atoms with E-state index in [1.807, 2.05) is 6.07 Å². The van der Waals surface area contributed by atoms with Crippen LogP contribution in [0.25, 0.3) is 0 Å². The van der Waals surface area contributed by atoms with Crippen LogP contribution in [0.1, 0.15) is 24.8 Å². The van der Waals surface area contributed by atoms with Gasteiger partial charge >= 0.3 is 0 Å². The Kier molecular flexibility index (Phi) is 4.05. The van der Waals surface area contributed by atoms with Crippen molar-refractivity contribution in [1.82, 2.24) is 0 Å². The molecule has 1 aromatic carbocycles. The average molecular weight is 220 g/mol. The van der Waals surface area contributed by atoms with Gasteiger partial charge in [-0.2, -0.15) is 0 Å². The number of hydrogen-bond acceptors (Lipinski definition) is 4. The Morgan fingerprint density at radius 2 is 1.75 bits per heavy atom. The molecule has 2 atom stereocenters. The summed E-state index contributed by atoms with van der Waals surface area (Å²) in [5, 5.41) is 21.3. The Bertz CT molecular complexity index is 372. The second kappa shape index (κ2) is 5.30. The van der Waals surface area contributed by atoms with Crippen LogP contribution < -0.4 is 10.2 Å². The van der Waals surface area contributed by atoms with Gasteiger partial charge in [0.05, 0.1) is 0 Å². The summed E-state index contributed by atoms with van der Waals surface area (Å²) in [5.41, 5.74) is 0.776. The zero-order chi connectivity index (χ0) is 12.1. The van der Waals surface area contributed by atoms with Gasteiger partial charge in [-0.05, 0) is 17.9 Å². The van der Waals surface area contributed by atoms with E-state index >= 15 is 0 Å². The zero-order valence-electron chi connectivity index (χ0n) is 8.88. The Labute approximate surface area is 93.5 Å². The summed E-state index contributed by atoms with van der Waals surface area (Å²) in [6, 6.07) is 8.88. The van der Waals surface area contributed by atoms with Gasteiger partial charge in [0.2, 0.25) is 0 Å². The van der Waals surface area contributed by atoms with E-state index in [2.05, 4.69) is 0 Å². The fourth-order valence-corrected chi connectivity index (χ4v) is 1.63. The molecule has 0 heterocycles. The quantitative estimate of drug-likeness (QED) is 0.657. The van der Waals surface area contributed by atoms with Gasteiger partial charge in [-0.15, -0.1) is 0 Å². The van der Waals surface area contributed by atoms with Gasteiger partial charge < -0.3 is 19.8 Å². The van der Waals surface area contributed by atoms with Crippen LogP contribution >= 0.6 is 0 Å². The minimum absolute atomic E-state index is 0.413. The maximum absolute atomic E-state index is 10.8. The summed E-state index contributed by atoms with van der Waals surface area (Å²) >= 11 is 0. The minimum Gasteiger partial charge on any atom is -0.550 e. The number of rotatable bonds is 5. The van der Waals surface area contributed by atoms with Crippen molar-refractivity contribution < 1.29 is 19.8 Å². The smallest absolute Gasteiger partial charge is 0.0455 e. The summed E-state index contributed by atoms with van der Waals surface area (Å²) in [6.07, 6.45) is -0.529. The second-order valence-corrected chi connectivity index (χ2v) is 3.70. The highest BCUT2D eigenvalue weighted by molar-refractivity contribution is 5.76. The fourth-order valence-electron chi connectivity index (χ4n) is 1.63. The van der Waals surface area contributed by atoms with Crippen LogP contribution in [0, 0.1) is 5.92 Å². The molecule has 1 unspecified atom stereocenters. The molecular weight excluding hydrogens is 208 g/mol. The zero-order valence-corrected chi connectivity index (χ0v) is 8.88. The molecule has 86 valence electrons. The number of carboxylic acid groups (broad SMARTS) is 2. The van der Waals surface area contributed by atoms with Gasteiger partial charge in [0.15, 0.2) is 0 Å². The summed E-state index contributed by atoms with van der Waals surface area (Å²) in [7, 11) is 0. The number of carbonyl (C=O) groups excluding carboxylic acids is 2. The lowest BCUT2D eigenvalue weighted by Gasteiger charge is -2.25. The van der Waals surface area contributed by atoms with Gasteiger partial charge in [-0.25, -0.2) is 0 Å². The summed E-state index contributed by atoms with van der Waals surface area (Å²) < 4.78 is 0. The lowest BCUT2D eigenvalue weighted by Crippen LogP contribution is -2.38. The van der Waals surface area contributed by atoms with Crippen LogP contribution in [-0.4, -0.2) is 11.9 Å². The Balaban J connectivity index is 2.87. The maximum Gasteiger partial charge on any atom is 0.0455 e. The van der Waals surface area contributed by atoms with E-state index in [0.717, 1.165) is 5.56 Å². The molecule has 4 heteroatoms. The first-order valence-corrected chi connectivity index (χ1v) is 4.98. The van der Waals surface area contributed by atoms with Crippen LogP contribution in [0.2, 0.25) is 0 Å². The third kappa shape index (κ3) is 3.08. The molecule has 0 spiro atoms. The molecule has 0 fully saturated rings.